The molecule has 2 aromatic carbocycles. The van der Waals surface area contributed by atoms with Gasteiger partial charge >= 0.3 is 0 Å². The van der Waals surface area contributed by atoms with E-state index in [0.717, 1.165) is 20.7 Å². The van der Waals surface area contributed by atoms with Crippen molar-refractivity contribution in [2.45, 2.75) is 23.9 Å². The van der Waals surface area contributed by atoms with Gasteiger partial charge in [0.15, 0.2) is 10.9 Å². The number of para-hydroxylation sites is 2. The number of ketones is 1. The van der Waals surface area contributed by atoms with Crippen LogP contribution in [-0.4, -0.2) is 34.3 Å². The highest BCUT2D eigenvalue weighted by Gasteiger charge is 2.20. The molecule has 0 aliphatic heterocycles. The Kier molecular flexibility index (Phi) is 5.93. The number of carbonyl (C=O) groups is 1. The quantitative estimate of drug-likeness (QED) is 0.407. The molecule has 0 aliphatic carbocycles. The van der Waals surface area contributed by atoms with Crippen molar-refractivity contribution in [3.8, 4) is 0 Å². The largest absolute Gasteiger partial charge is 0.383 e. The normalized spacial score (nSPS) is 12.4. The van der Waals surface area contributed by atoms with Gasteiger partial charge in [-0.05, 0) is 31.2 Å². The van der Waals surface area contributed by atoms with Crippen molar-refractivity contribution in [3.63, 3.8) is 0 Å². The van der Waals surface area contributed by atoms with Crippen LogP contribution in [0, 0.1) is 0 Å². The molecule has 3 aromatic rings. The number of carbonyl (C=O) groups excluding carboxylic acids is 1. The van der Waals surface area contributed by atoms with Gasteiger partial charge in [0.05, 0.1) is 22.9 Å². The third kappa shape index (κ3) is 4.14. The molecule has 1 aromatic heterocycles. The Morgan fingerprint density at radius 3 is 2.68 bits per heavy atom. The van der Waals surface area contributed by atoms with E-state index >= 15 is 0 Å². The number of benzene rings is 2. The summed E-state index contributed by atoms with van der Waals surface area (Å²) in [7, 11) is 1.69. The SMILES string of the molecule is COCCn1c(S[C@@H](C)C(=O)c2ccc(Br)cc2)nc2ccccc21. The molecule has 0 amide bonds. The van der Waals surface area contributed by atoms with E-state index in [1.807, 2.05) is 55.5 Å². The van der Waals surface area contributed by atoms with Crippen molar-refractivity contribution in [1.82, 2.24) is 9.55 Å². The second-order valence-electron chi connectivity index (χ2n) is 5.66. The molecule has 0 N–H and O–H groups in total. The van der Waals surface area contributed by atoms with Crippen molar-refractivity contribution in [1.29, 1.82) is 0 Å². The minimum Gasteiger partial charge on any atom is -0.383 e. The summed E-state index contributed by atoms with van der Waals surface area (Å²) < 4.78 is 8.31. The third-order valence-corrected chi connectivity index (χ3v) is 5.54. The van der Waals surface area contributed by atoms with Crippen molar-refractivity contribution >= 4 is 44.5 Å². The molecule has 6 heteroatoms. The minimum absolute atomic E-state index is 0.0999. The summed E-state index contributed by atoms with van der Waals surface area (Å²) in [4.78, 5) is 17.4. The van der Waals surface area contributed by atoms with Gasteiger partial charge in [-0.15, -0.1) is 0 Å². The van der Waals surface area contributed by atoms with E-state index in [1.54, 1.807) is 7.11 Å². The molecular weight excluding hydrogens is 400 g/mol. The van der Waals surface area contributed by atoms with E-state index in [0.29, 0.717) is 18.7 Å². The third-order valence-electron chi connectivity index (χ3n) is 3.92. The van der Waals surface area contributed by atoms with Crippen LogP contribution in [0.5, 0.6) is 0 Å². The summed E-state index contributed by atoms with van der Waals surface area (Å²) in [6, 6.07) is 15.5. The van der Waals surface area contributed by atoms with Gasteiger partial charge in [0, 0.05) is 23.7 Å². The maximum Gasteiger partial charge on any atom is 0.175 e. The van der Waals surface area contributed by atoms with Crippen LogP contribution in [0.25, 0.3) is 11.0 Å². The van der Waals surface area contributed by atoms with Crippen LogP contribution in [0.1, 0.15) is 17.3 Å². The Labute approximate surface area is 159 Å². The molecule has 25 heavy (non-hydrogen) atoms. The van der Waals surface area contributed by atoms with Crippen LogP contribution >= 0.6 is 27.7 Å². The molecule has 0 fully saturated rings. The summed E-state index contributed by atoms with van der Waals surface area (Å²) in [6.07, 6.45) is 0. The summed E-state index contributed by atoms with van der Waals surface area (Å²) in [5, 5.41) is 0.621. The summed E-state index contributed by atoms with van der Waals surface area (Å²) >= 11 is 4.89. The number of hydrogen-bond donors (Lipinski definition) is 0. The van der Waals surface area contributed by atoms with Crippen LogP contribution in [0.2, 0.25) is 0 Å². The molecule has 0 saturated heterocycles. The predicted molar refractivity (Wildman–Crippen MR) is 105 cm³/mol. The Morgan fingerprint density at radius 1 is 1.24 bits per heavy atom. The van der Waals surface area contributed by atoms with Gasteiger partial charge in [-0.3, -0.25) is 4.79 Å². The monoisotopic (exact) mass is 418 g/mol. The summed E-state index contributed by atoms with van der Waals surface area (Å²) in [6.45, 7) is 3.23. The van der Waals surface area contributed by atoms with E-state index in [9.17, 15) is 4.79 Å². The molecule has 4 nitrogen and oxygen atoms in total. The maximum atomic E-state index is 12.7. The maximum absolute atomic E-state index is 12.7. The standard InChI is InChI=1S/C19H19BrN2O2S/c1-13(18(23)14-7-9-15(20)10-8-14)25-19-21-16-5-3-4-6-17(16)22(19)11-12-24-2/h3-10,13H,11-12H2,1-2H3/t13-/m0/s1. The number of nitrogens with zero attached hydrogens (tertiary/aromatic N) is 2. The molecule has 0 bridgehead atoms. The predicted octanol–water partition coefficient (Wildman–Crippen LogP) is 4.81. The van der Waals surface area contributed by atoms with Crippen LogP contribution in [0.4, 0.5) is 0 Å². The Hall–Kier alpha value is -1.63. The molecule has 1 atom stereocenters. The van der Waals surface area contributed by atoms with E-state index in [4.69, 9.17) is 9.72 Å². The molecule has 3 rings (SSSR count). The van der Waals surface area contributed by atoms with Gasteiger partial charge < -0.3 is 9.30 Å². The zero-order valence-electron chi connectivity index (χ0n) is 14.1. The number of hydrogen-bond acceptors (Lipinski definition) is 4. The van der Waals surface area contributed by atoms with E-state index in [-0.39, 0.29) is 11.0 Å². The zero-order chi connectivity index (χ0) is 17.8. The van der Waals surface area contributed by atoms with Gasteiger partial charge in [0.2, 0.25) is 0 Å². The fourth-order valence-electron chi connectivity index (χ4n) is 2.60. The molecule has 0 unspecified atom stereocenters. The van der Waals surface area contributed by atoms with Crippen molar-refractivity contribution in [2.24, 2.45) is 0 Å². The number of Topliss-reactive ketones (excluding diaryl/α,β-unsaturated/α-hetero) is 1. The molecule has 0 spiro atoms. The topological polar surface area (TPSA) is 44.1 Å². The number of fused-ring (bicyclic) bond motifs is 1. The molecule has 1 heterocycles. The second-order valence-corrected chi connectivity index (χ2v) is 7.88. The van der Waals surface area contributed by atoms with E-state index in [2.05, 4.69) is 20.5 Å². The number of imidazole rings is 1. The number of methoxy groups -OCH3 is 1. The van der Waals surface area contributed by atoms with Crippen molar-refractivity contribution < 1.29 is 9.53 Å². The first-order valence-electron chi connectivity index (χ1n) is 8.01. The fraction of sp³-hybridized carbons (Fsp3) is 0.263. The lowest BCUT2D eigenvalue weighted by molar-refractivity contribution is 0.0994. The molecule has 0 saturated carbocycles. The van der Waals surface area contributed by atoms with Crippen molar-refractivity contribution in [3.05, 3.63) is 58.6 Å². The summed E-state index contributed by atoms with van der Waals surface area (Å²) in [5.74, 6) is 0.0999. The lowest BCUT2D eigenvalue weighted by atomic mass is 10.1. The van der Waals surface area contributed by atoms with Gasteiger partial charge in [-0.25, -0.2) is 4.98 Å². The van der Waals surface area contributed by atoms with E-state index in [1.165, 1.54) is 11.8 Å². The minimum atomic E-state index is -0.223. The van der Waals surface area contributed by atoms with Crippen LogP contribution in [0.3, 0.4) is 0 Å². The Bertz CT molecular complexity index is 877. The zero-order valence-corrected chi connectivity index (χ0v) is 16.5. The van der Waals surface area contributed by atoms with Gasteiger partial charge in [0.1, 0.15) is 0 Å². The van der Waals surface area contributed by atoms with Gasteiger partial charge in [-0.2, -0.15) is 0 Å². The molecule has 0 aliphatic rings. The van der Waals surface area contributed by atoms with Crippen LogP contribution in [0.15, 0.2) is 58.2 Å². The first kappa shape index (κ1) is 18.2. The summed E-state index contributed by atoms with van der Waals surface area (Å²) in [5.41, 5.74) is 2.71. The lowest BCUT2D eigenvalue weighted by Gasteiger charge is -2.12. The number of rotatable bonds is 7. The van der Waals surface area contributed by atoms with E-state index < -0.39 is 0 Å². The number of thioether (sulfide) groups is 1. The fourth-order valence-corrected chi connectivity index (χ4v) is 3.89. The number of halogens is 1. The smallest absolute Gasteiger partial charge is 0.175 e. The second kappa shape index (κ2) is 8.17. The molecule has 130 valence electrons. The van der Waals surface area contributed by atoms with Gasteiger partial charge in [0.25, 0.3) is 0 Å². The average Bonchev–Trinajstić information content (AvgIpc) is 2.97. The molecular formula is C19H19BrN2O2S. The first-order valence-corrected chi connectivity index (χ1v) is 9.68. The van der Waals surface area contributed by atoms with Gasteiger partial charge in [-0.1, -0.05) is 52.0 Å². The Balaban J connectivity index is 1.86. The van der Waals surface area contributed by atoms with Crippen LogP contribution < -0.4 is 0 Å². The molecule has 0 radical (unpaired) electrons. The first-order chi connectivity index (χ1) is 12.1. The van der Waals surface area contributed by atoms with Crippen LogP contribution in [-0.2, 0) is 11.3 Å². The lowest BCUT2D eigenvalue weighted by Crippen LogP contribution is -2.15. The number of aromatic nitrogens is 2. The number of ether oxygens (including phenoxy) is 1. The highest BCUT2D eigenvalue weighted by Crippen LogP contribution is 2.29. The average molecular weight is 419 g/mol. The highest BCUT2D eigenvalue weighted by atomic mass is 79.9. The Morgan fingerprint density at radius 2 is 1.96 bits per heavy atom. The van der Waals surface area contributed by atoms with Crippen molar-refractivity contribution in [2.75, 3.05) is 13.7 Å². The highest BCUT2D eigenvalue weighted by molar-refractivity contribution is 9.10.